The van der Waals surface area contributed by atoms with Crippen LogP contribution in [-0.4, -0.2) is 59.9 Å². The fourth-order valence-corrected chi connectivity index (χ4v) is 4.93. The topological polar surface area (TPSA) is 137 Å². The maximum absolute atomic E-state index is 13.2. The summed E-state index contributed by atoms with van der Waals surface area (Å²) in [7, 11) is 1.68. The predicted octanol–water partition coefficient (Wildman–Crippen LogP) is 6.78. The van der Waals surface area contributed by atoms with Crippen LogP contribution in [0.1, 0.15) is 80.7 Å². The number of ether oxygens (including phenoxy) is 1. The minimum atomic E-state index is -0.624. The van der Waals surface area contributed by atoms with Crippen LogP contribution in [0.5, 0.6) is 0 Å². The molecule has 0 bridgehead atoms. The van der Waals surface area contributed by atoms with Gasteiger partial charge in [-0.05, 0) is 58.7 Å². The highest BCUT2D eigenvalue weighted by Gasteiger charge is 2.27. The molecule has 3 aromatic heterocycles. The van der Waals surface area contributed by atoms with Crippen molar-refractivity contribution >= 4 is 39.4 Å². The molecule has 232 valence electrons. The van der Waals surface area contributed by atoms with Gasteiger partial charge in [-0.3, -0.25) is 9.48 Å². The number of carbonyl (C=O) groups is 1. The second-order valence-electron chi connectivity index (χ2n) is 11.1. The molecule has 0 aliphatic heterocycles. The van der Waals surface area contributed by atoms with Crippen molar-refractivity contribution in [3.05, 3.63) is 53.0 Å². The van der Waals surface area contributed by atoms with Crippen LogP contribution < -0.4 is 11.3 Å². The van der Waals surface area contributed by atoms with Crippen molar-refractivity contribution in [3.8, 4) is 11.3 Å². The van der Waals surface area contributed by atoms with Crippen LogP contribution in [0.15, 0.2) is 47.4 Å². The Morgan fingerprint density at radius 2 is 1.95 bits per heavy atom. The average Bonchev–Trinajstić information content (AvgIpc) is 3.57. The van der Waals surface area contributed by atoms with E-state index < -0.39 is 17.3 Å². The lowest BCUT2D eigenvalue weighted by Crippen LogP contribution is -2.38. The number of hydrogen-bond donors (Lipinski definition) is 2. The van der Waals surface area contributed by atoms with Gasteiger partial charge < -0.3 is 15.4 Å². The van der Waals surface area contributed by atoms with Gasteiger partial charge in [-0.25, -0.2) is 14.6 Å². The van der Waals surface area contributed by atoms with Gasteiger partial charge in [0.15, 0.2) is 5.82 Å². The summed E-state index contributed by atoms with van der Waals surface area (Å²) in [5, 5.41) is 17.5. The summed E-state index contributed by atoms with van der Waals surface area (Å²) in [6.45, 7) is 15.9. The number of aromatic amines is 1. The zero-order valence-electron chi connectivity index (χ0n) is 26.9. The number of H-pyrrole nitrogens is 1. The number of benzene rings is 1. The maximum atomic E-state index is 13.2. The molecule has 4 rings (SSSR count). The quantitative estimate of drug-likeness (QED) is 0.205. The van der Waals surface area contributed by atoms with Gasteiger partial charge in [-0.15, -0.1) is 0 Å². The fourth-order valence-electron chi connectivity index (χ4n) is 4.93. The SMILES string of the molecule is C/C=C\C(=C/CC)n1ncc2cc(-c3nn(C(CCC)CN(C)C(=O)OC(C)(C)C)c4c(=O)[nH]nc(N)c34)ccc21.CC. The van der Waals surface area contributed by atoms with Gasteiger partial charge in [0.25, 0.3) is 5.56 Å². The van der Waals surface area contributed by atoms with Crippen LogP contribution in [0.4, 0.5) is 10.6 Å². The molecule has 3 heterocycles. The molecule has 4 aromatic rings. The van der Waals surface area contributed by atoms with Gasteiger partial charge in [0, 0.05) is 24.5 Å². The summed E-state index contributed by atoms with van der Waals surface area (Å²) in [6.07, 6.45) is 9.88. The van der Waals surface area contributed by atoms with Crippen LogP contribution in [0, 0.1) is 0 Å². The van der Waals surface area contributed by atoms with Gasteiger partial charge in [-0.1, -0.05) is 52.3 Å². The normalized spacial score (nSPS) is 12.9. The number of nitrogen functional groups attached to an aromatic ring is 1. The summed E-state index contributed by atoms with van der Waals surface area (Å²) in [4.78, 5) is 27.4. The van der Waals surface area contributed by atoms with E-state index in [-0.39, 0.29) is 11.9 Å². The van der Waals surface area contributed by atoms with Crippen molar-refractivity contribution in [1.29, 1.82) is 0 Å². The molecular formula is C32H46N8O3. The maximum Gasteiger partial charge on any atom is 0.410 e. The van der Waals surface area contributed by atoms with Crippen LogP contribution in [0.25, 0.3) is 38.8 Å². The first-order valence-corrected chi connectivity index (χ1v) is 15.0. The molecule has 0 fully saturated rings. The number of nitrogens with one attached hydrogen (secondary N) is 1. The number of hydrogen-bond acceptors (Lipinski definition) is 7. The number of fused-ring (bicyclic) bond motifs is 2. The first-order valence-electron chi connectivity index (χ1n) is 15.0. The van der Waals surface area contributed by atoms with E-state index in [0.29, 0.717) is 29.6 Å². The van der Waals surface area contributed by atoms with E-state index in [9.17, 15) is 9.59 Å². The van der Waals surface area contributed by atoms with Crippen molar-refractivity contribution < 1.29 is 9.53 Å². The number of nitrogens with zero attached hydrogens (tertiary/aromatic N) is 6. The Morgan fingerprint density at radius 1 is 1.23 bits per heavy atom. The van der Waals surface area contributed by atoms with E-state index >= 15 is 0 Å². The molecule has 0 saturated carbocycles. The van der Waals surface area contributed by atoms with E-state index in [1.165, 1.54) is 4.90 Å². The number of anilines is 1. The lowest BCUT2D eigenvalue weighted by atomic mass is 10.1. The van der Waals surface area contributed by atoms with E-state index in [4.69, 9.17) is 15.6 Å². The second-order valence-corrected chi connectivity index (χ2v) is 11.1. The summed E-state index contributed by atoms with van der Waals surface area (Å²) < 4.78 is 9.15. The Labute approximate surface area is 253 Å². The van der Waals surface area contributed by atoms with E-state index in [0.717, 1.165) is 35.0 Å². The van der Waals surface area contributed by atoms with Crippen LogP contribution in [-0.2, 0) is 4.74 Å². The van der Waals surface area contributed by atoms with Crippen molar-refractivity contribution in [2.75, 3.05) is 19.3 Å². The molecule has 0 aliphatic rings. The molecule has 1 aromatic carbocycles. The molecule has 43 heavy (non-hydrogen) atoms. The van der Waals surface area contributed by atoms with Gasteiger partial charge in [0.1, 0.15) is 16.8 Å². The standard InChI is InChI=1S/C30H40N8O3.C2H6/c1-8-11-21(12-9-2)37-23-15-14-19(16-20(23)17-32-37)25-24-26(28(39)34-33-27(24)31)38(35-25)22(13-10-3)18-36(7)29(40)41-30(4,5)6;1-2/h8,11-12,14-17,22H,9-10,13,18H2,1-7H3,(H2,31,33)(H,34,39);1-2H3/b11-8-,21-12+;. The van der Waals surface area contributed by atoms with Crippen molar-refractivity contribution in [2.24, 2.45) is 0 Å². The molecule has 1 amide bonds. The fraction of sp³-hybridized carbons (Fsp3) is 0.469. The van der Waals surface area contributed by atoms with Gasteiger partial charge in [-0.2, -0.15) is 15.3 Å². The average molecular weight is 591 g/mol. The molecule has 0 radical (unpaired) electrons. The minimum absolute atomic E-state index is 0.175. The zero-order valence-corrected chi connectivity index (χ0v) is 26.9. The molecule has 3 N–H and O–H groups in total. The Kier molecular flexibility index (Phi) is 10.9. The Morgan fingerprint density at radius 3 is 2.58 bits per heavy atom. The van der Waals surface area contributed by atoms with E-state index in [1.54, 1.807) is 11.7 Å². The van der Waals surface area contributed by atoms with Crippen molar-refractivity contribution in [3.63, 3.8) is 0 Å². The first kappa shape index (κ1) is 33.1. The van der Waals surface area contributed by atoms with Crippen molar-refractivity contribution in [2.45, 2.75) is 86.3 Å². The van der Waals surface area contributed by atoms with E-state index in [2.05, 4.69) is 28.3 Å². The van der Waals surface area contributed by atoms with Gasteiger partial charge in [0.05, 0.1) is 28.8 Å². The van der Waals surface area contributed by atoms with E-state index in [1.807, 2.05) is 89.7 Å². The highest BCUT2D eigenvalue weighted by molar-refractivity contribution is 6.01. The zero-order chi connectivity index (χ0) is 31.9. The molecule has 0 spiro atoms. The van der Waals surface area contributed by atoms with Crippen LogP contribution in [0.3, 0.4) is 0 Å². The Bertz CT molecular complexity index is 1670. The highest BCUT2D eigenvalue weighted by atomic mass is 16.6. The molecule has 1 atom stereocenters. The number of nitrogens with two attached hydrogens (primary N) is 1. The molecule has 11 nitrogen and oxygen atoms in total. The number of aromatic nitrogens is 6. The monoisotopic (exact) mass is 590 g/mol. The largest absolute Gasteiger partial charge is 0.444 e. The highest BCUT2D eigenvalue weighted by Crippen LogP contribution is 2.34. The number of likely N-dealkylation sites (N-methyl/N-ethyl adjacent to an activating group) is 1. The molecule has 0 saturated heterocycles. The molecule has 0 aliphatic carbocycles. The molecule has 11 heteroatoms. The third kappa shape index (κ3) is 7.33. The number of rotatable bonds is 9. The summed E-state index contributed by atoms with van der Waals surface area (Å²) in [5.74, 6) is 0.175. The number of allylic oxidation sites excluding steroid dienone is 4. The molecule has 1 unspecified atom stereocenters. The number of carbonyl (C=O) groups excluding carboxylic acids is 1. The summed E-state index contributed by atoms with van der Waals surface area (Å²) >= 11 is 0. The smallest absolute Gasteiger partial charge is 0.410 e. The lowest BCUT2D eigenvalue weighted by Gasteiger charge is -2.28. The Hall–Kier alpha value is -4.41. The Balaban J connectivity index is 0.00000248. The first-order chi connectivity index (χ1) is 20.5. The van der Waals surface area contributed by atoms with Gasteiger partial charge in [0.2, 0.25) is 0 Å². The van der Waals surface area contributed by atoms with Crippen molar-refractivity contribution in [1.82, 2.24) is 34.7 Å². The third-order valence-electron chi connectivity index (χ3n) is 6.65. The van der Waals surface area contributed by atoms with Crippen LogP contribution >= 0.6 is 0 Å². The predicted molar refractivity (Wildman–Crippen MR) is 175 cm³/mol. The second kappa shape index (κ2) is 14.2. The third-order valence-corrected chi connectivity index (χ3v) is 6.65. The van der Waals surface area contributed by atoms with Gasteiger partial charge >= 0.3 is 6.09 Å². The molecular weight excluding hydrogens is 544 g/mol. The minimum Gasteiger partial charge on any atom is -0.444 e. The number of amides is 1. The summed E-state index contributed by atoms with van der Waals surface area (Å²) in [5.41, 5.74) is 8.90. The summed E-state index contributed by atoms with van der Waals surface area (Å²) in [6, 6.07) is 5.64. The lowest BCUT2D eigenvalue weighted by molar-refractivity contribution is 0.0272. The van der Waals surface area contributed by atoms with Crippen LogP contribution in [0.2, 0.25) is 0 Å².